The number of nitrogens with zero attached hydrogens (tertiary/aromatic N) is 2. The van der Waals surface area contributed by atoms with Crippen LogP contribution in [0, 0.1) is 0 Å². The number of fused-ring (bicyclic) bond motifs is 1. The van der Waals surface area contributed by atoms with Crippen LogP contribution in [0.1, 0.15) is 12.8 Å². The van der Waals surface area contributed by atoms with Crippen molar-refractivity contribution >= 4 is 23.0 Å². The van der Waals surface area contributed by atoms with Crippen molar-refractivity contribution in [3.8, 4) is 0 Å². The van der Waals surface area contributed by atoms with Gasteiger partial charge in [0.2, 0.25) is 5.91 Å². The Labute approximate surface area is 105 Å². The summed E-state index contributed by atoms with van der Waals surface area (Å²) in [7, 11) is 1.66. The fraction of sp³-hybridized carbons (Fsp3) is 0.385. The number of aromatic nitrogens is 1. The molecule has 3 rings (SSSR count). The van der Waals surface area contributed by atoms with Crippen molar-refractivity contribution in [2.75, 3.05) is 18.5 Å². The van der Waals surface area contributed by atoms with E-state index in [2.05, 4.69) is 10.3 Å². The van der Waals surface area contributed by atoms with Crippen LogP contribution in [0.4, 0.5) is 6.01 Å². The molecular formula is C13H15N3O2. The molecule has 1 aliphatic rings. The zero-order chi connectivity index (χ0) is 12.5. The van der Waals surface area contributed by atoms with Crippen LogP contribution in [0.3, 0.4) is 0 Å². The minimum atomic E-state index is -0.164. The van der Waals surface area contributed by atoms with Gasteiger partial charge >= 0.3 is 0 Å². The molecule has 1 unspecified atom stereocenters. The Morgan fingerprint density at radius 2 is 2.33 bits per heavy atom. The van der Waals surface area contributed by atoms with Crippen LogP contribution in [-0.2, 0) is 4.79 Å². The summed E-state index contributed by atoms with van der Waals surface area (Å²) in [5.41, 5.74) is 1.59. The number of carbonyl (C=O) groups excluding carboxylic acids is 1. The first-order chi connectivity index (χ1) is 8.79. The van der Waals surface area contributed by atoms with E-state index in [4.69, 9.17) is 4.42 Å². The largest absolute Gasteiger partial charge is 0.423 e. The van der Waals surface area contributed by atoms with Gasteiger partial charge < -0.3 is 14.6 Å². The summed E-state index contributed by atoms with van der Waals surface area (Å²) >= 11 is 0. The standard InChI is InChI=1S/C13H15N3O2/c1-14-12(17)10-6-4-8-16(10)13-15-9-5-2-3-7-11(9)18-13/h2-3,5,7,10H,4,6,8H2,1H3,(H,14,17). The monoisotopic (exact) mass is 245 g/mol. The third-order valence-electron chi connectivity index (χ3n) is 3.33. The number of oxazole rings is 1. The Morgan fingerprint density at radius 1 is 1.50 bits per heavy atom. The number of rotatable bonds is 2. The van der Waals surface area contributed by atoms with Gasteiger partial charge in [-0.3, -0.25) is 4.79 Å². The van der Waals surface area contributed by atoms with Crippen LogP contribution in [0.5, 0.6) is 0 Å². The number of hydrogen-bond acceptors (Lipinski definition) is 4. The van der Waals surface area contributed by atoms with Crippen LogP contribution in [0.15, 0.2) is 28.7 Å². The molecule has 2 aromatic rings. The van der Waals surface area contributed by atoms with Gasteiger partial charge in [-0.2, -0.15) is 4.98 Å². The smallest absolute Gasteiger partial charge is 0.299 e. The highest BCUT2D eigenvalue weighted by atomic mass is 16.4. The van der Waals surface area contributed by atoms with Gasteiger partial charge in [0.05, 0.1) is 0 Å². The van der Waals surface area contributed by atoms with Gasteiger partial charge in [0, 0.05) is 13.6 Å². The topological polar surface area (TPSA) is 58.4 Å². The van der Waals surface area contributed by atoms with Crippen LogP contribution in [0.2, 0.25) is 0 Å². The number of hydrogen-bond donors (Lipinski definition) is 1. The maximum Gasteiger partial charge on any atom is 0.299 e. The van der Waals surface area contributed by atoms with Crippen molar-refractivity contribution in [1.29, 1.82) is 0 Å². The highest BCUT2D eigenvalue weighted by Crippen LogP contribution is 2.28. The van der Waals surface area contributed by atoms with Crippen molar-refractivity contribution < 1.29 is 9.21 Å². The minimum absolute atomic E-state index is 0.0229. The van der Waals surface area contributed by atoms with Crippen molar-refractivity contribution in [2.45, 2.75) is 18.9 Å². The molecule has 1 aromatic carbocycles. The molecule has 0 radical (unpaired) electrons. The van der Waals surface area contributed by atoms with E-state index in [9.17, 15) is 4.79 Å². The molecule has 94 valence electrons. The molecule has 0 bridgehead atoms. The van der Waals surface area contributed by atoms with E-state index in [1.165, 1.54) is 0 Å². The van der Waals surface area contributed by atoms with Crippen molar-refractivity contribution in [3.63, 3.8) is 0 Å². The first kappa shape index (κ1) is 11.1. The van der Waals surface area contributed by atoms with Gasteiger partial charge in [-0.25, -0.2) is 0 Å². The highest BCUT2D eigenvalue weighted by Gasteiger charge is 2.33. The summed E-state index contributed by atoms with van der Waals surface area (Å²) in [5, 5.41) is 2.69. The second kappa shape index (κ2) is 4.33. The molecule has 1 aliphatic heterocycles. The Bertz CT molecular complexity index is 545. The average molecular weight is 245 g/mol. The van der Waals surface area contributed by atoms with Crippen molar-refractivity contribution in [3.05, 3.63) is 24.3 Å². The third-order valence-corrected chi connectivity index (χ3v) is 3.33. The maximum atomic E-state index is 11.8. The van der Waals surface area contributed by atoms with Gasteiger partial charge in [0.1, 0.15) is 11.6 Å². The molecule has 1 aromatic heterocycles. The first-order valence-electron chi connectivity index (χ1n) is 6.13. The predicted molar refractivity (Wildman–Crippen MR) is 68.4 cm³/mol. The van der Waals surface area contributed by atoms with Crippen LogP contribution in [-0.4, -0.2) is 30.5 Å². The molecule has 5 heteroatoms. The SMILES string of the molecule is CNC(=O)C1CCCN1c1nc2ccccc2o1. The van der Waals surface area contributed by atoms with Crippen molar-refractivity contribution in [1.82, 2.24) is 10.3 Å². The van der Waals surface area contributed by atoms with Crippen LogP contribution >= 0.6 is 0 Å². The van der Waals surface area contributed by atoms with Crippen LogP contribution < -0.4 is 10.2 Å². The van der Waals surface area contributed by atoms with E-state index in [-0.39, 0.29) is 11.9 Å². The highest BCUT2D eigenvalue weighted by molar-refractivity contribution is 5.85. The molecule has 0 aliphatic carbocycles. The number of amides is 1. The molecule has 1 fully saturated rings. The summed E-state index contributed by atoms with van der Waals surface area (Å²) in [6, 6.07) is 8.02. The van der Waals surface area contributed by atoms with E-state index < -0.39 is 0 Å². The Kier molecular flexibility index (Phi) is 2.66. The summed E-state index contributed by atoms with van der Waals surface area (Å²) < 4.78 is 5.71. The molecule has 0 spiro atoms. The van der Waals surface area contributed by atoms with E-state index in [1.54, 1.807) is 7.05 Å². The van der Waals surface area contributed by atoms with E-state index in [1.807, 2.05) is 29.2 Å². The lowest BCUT2D eigenvalue weighted by Crippen LogP contribution is -2.42. The number of nitrogens with one attached hydrogen (secondary N) is 1. The molecule has 1 atom stereocenters. The molecule has 18 heavy (non-hydrogen) atoms. The van der Waals surface area contributed by atoms with Gasteiger partial charge in [-0.05, 0) is 25.0 Å². The summed E-state index contributed by atoms with van der Waals surface area (Å²) in [5.74, 6) is 0.0229. The lowest BCUT2D eigenvalue weighted by Gasteiger charge is -2.20. The zero-order valence-corrected chi connectivity index (χ0v) is 10.2. The Balaban J connectivity index is 1.95. The molecule has 0 saturated carbocycles. The normalized spacial score (nSPS) is 19.4. The fourth-order valence-corrected chi connectivity index (χ4v) is 2.42. The van der Waals surface area contributed by atoms with Gasteiger partial charge in [-0.1, -0.05) is 12.1 Å². The number of likely N-dealkylation sites (N-methyl/N-ethyl adjacent to an activating group) is 1. The van der Waals surface area contributed by atoms with E-state index in [0.29, 0.717) is 6.01 Å². The lowest BCUT2D eigenvalue weighted by atomic mass is 10.2. The number of anilines is 1. The second-order valence-electron chi connectivity index (χ2n) is 4.43. The van der Waals surface area contributed by atoms with Gasteiger partial charge in [-0.15, -0.1) is 0 Å². The number of carbonyl (C=O) groups is 1. The number of para-hydroxylation sites is 2. The molecule has 5 nitrogen and oxygen atoms in total. The Morgan fingerprint density at radius 3 is 3.11 bits per heavy atom. The maximum absolute atomic E-state index is 11.8. The molecule has 1 amide bonds. The predicted octanol–water partition coefficient (Wildman–Crippen LogP) is 1.54. The number of benzene rings is 1. The quantitative estimate of drug-likeness (QED) is 0.872. The zero-order valence-electron chi connectivity index (χ0n) is 10.2. The lowest BCUT2D eigenvalue weighted by molar-refractivity contribution is -0.121. The fourth-order valence-electron chi connectivity index (χ4n) is 2.42. The molecular weight excluding hydrogens is 230 g/mol. The van der Waals surface area contributed by atoms with E-state index in [0.717, 1.165) is 30.5 Å². The van der Waals surface area contributed by atoms with Gasteiger partial charge in [0.15, 0.2) is 5.58 Å². The van der Waals surface area contributed by atoms with Gasteiger partial charge in [0.25, 0.3) is 6.01 Å². The summed E-state index contributed by atoms with van der Waals surface area (Å²) in [6.07, 6.45) is 1.83. The second-order valence-corrected chi connectivity index (χ2v) is 4.43. The van der Waals surface area contributed by atoms with E-state index >= 15 is 0 Å². The minimum Gasteiger partial charge on any atom is -0.423 e. The molecule has 1 saturated heterocycles. The van der Waals surface area contributed by atoms with Crippen molar-refractivity contribution in [2.24, 2.45) is 0 Å². The first-order valence-corrected chi connectivity index (χ1v) is 6.13. The molecule has 2 heterocycles. The average Bonchev–Trinajstić information content (AvgIpc) is 3.03. The molecule has 1 N–H and O–H groups in total. The third kappa shape index (κ3) is 1.72. The Hall–Kier alpha value is -2.04. The van der Waals surface area contributed by atoms with Crippen LogP contribution in [0.25, 0.3) is 11.1 Å². The summed E-state index contributed by atoms with van der Waals surface area (Å²) in [4.78, 5) is 18.2. The summed E-state index contributed by atoms with van der Waals surface area (Å²) in [6.45, 7) is 0.810.